The molecule has 2 fully saturated rings. The zero-order valence-corrected chi connectivity index (χ0v) is 35.8. The number of nitrogens with one attached hydrogen (secondary N) is 4. The predicted molar refractivity (Wildman–Crippen MR) is 239 cm³/mol. The summed E-state index contributed by atoms with van der Waals surface area (Å²) in [6, 6.07) is 17.8. The van der Waals surface area contributed by atoms with Crippen LogP contribution in [0.15, 0.2) is 85.7 Å². The zero-order valence-electron chi connectivity index (χ0n) is 35.8. The molecule has 3 aliphatic heterocycles. The maximum absolute atomic E-state index is 13.3. The van der Waals surface area contributed by atoms with Crippen molar-refractivity contribution < 1.29 is 43.0 Å². The first-order valence-electron chi connectivity index (χ1n) is 21.5. The molecule has 0 bridgehead atoms. The molecule has 7 amide bonds. The number of imide groups is 2. The Morgan fingerprint density at radius 2 is 1.64 bits per heavy atom. The van der Waals surface area contributed by atoms with Crippen LogP contribution in [0.5, 0.6) is 17.2 Å². The van der Waals surface area contributed by atoms with Gasteiger partial charge in [0.2, 0.25) is 23.6 Å². The number of nitrogens with zero attached hydrogens (tertiary/aromatic N) is 6. The fourth-order valence-electron chi connectivity index (χ4n) is 8.20. The number of aromatic nitrogens is 4. The number of nitrogen functional groups attached to an aromatic ring is 1. The van der Waals surface area contributed by atoms with Gasteiger partial charge in [-0.25, -0.2) is 14.6 Å². The van der Waals surface area contributed by atoms with Gasteiger partial charge in [-0.3, -0.25) is 48.7 Å². The number of piperidine rings is 2. The number of ether oxygens (including phenoxy) is 2. The number of carbonyl (C=O) groups is 7. The smallest absolute Gasteiger partial charge is 0.266 e. The maximum atomic E-state index is 13.3. The van der Waals surface area contributed by atoms with Crippen LogP contribution in [0.3, 0.4) is 0 Å². The molecule has 1 atom stereocenters. The van der Waals surface area contributed by atoms with Crippen LogP contribution in [0.2, 0.25) is 0 Å². The van der Waals surface area contributed by atoms with Crippen LogP contribution in [-0.4, -0.2) is 116 Å². The average molecular weight is 898 g/mol. The van der Waals surface area contributed by atoms with E-state index in [2.05, 4.69) is 42.7 Å². The molecule has 0 saturated carbocycles. The van der Waals surface area contributed by atoms with E-state index < -0.39 is 48.1 Å². The van der Waals surface area contributed by atoms with Crippen LogP contribution in [0.1, 0.15) is 65.3 Å². The van der Waals surface area contributed by atoms with Gasteiger partial charge in [0.15, 0.2) is 18.0 Å². The number of carbonyl (C=O) groups excluding carboxylic acids is 7. The summed E-state index contributed by atoms with van der Waals surface area (Å²) in [5.41, 5.74) is 8.64. The van der Waals surface area contributed by atoms with Crippen molar-refractivity contribution in [3.8, 4) is 28.5 Å². The van der Waals surface area contributed by atoms with Crippen molar-refractivity contribution in [1.82, 2.24) is 45.5 Å². The number of hydrogen-bond donors (Lipinski definition) is 5. The van der Waals surface area contributed by atoms with Crippen LogP contribution < -0.4 is 36.5 Å². The quantitative estimate of drug-likeness (QED) is 0.0511. The predicted octanol–water partition coefficient (Wildman–Crippen LogP) is 3.12. The molecule has 20 heteroatoms. The summed E-state index contributed by atoms with van der Waals surface area (Å²) in [4.78, 5) is 100.0. The van der Waals surface area contributed by atoms with Crippen molar-refractivity contribution in [2.24, 2.45) is 0 Å². The topological polar surface area (TPSA) is 262 Å². The van der Waals surface area contributed by atoms with Gasteiger partial charge >= 0.3 is 0 Å². The standard InChI is InChI=1S/C46H47N11O9/c1-2-35(58)52-31-23-27(13-15-33(31)66-29-9-4-3-5-10-29)41-40-42(47)50-26-51-43(40)57(54-41)28-17-21-55(22-18-28)24-37(60)48-19-6-7-20-49-38(61)25-65-34-12-8-11-30-39(34)46(64)56(45(30)63)32-14-16-36(59)53-44(32)62/h2-5,8-13,15,23,26,28,32H,1,6-7,14,16-22,24-25H2,(H,48,60)(H,49,61)(H,52,58)(H2,47,50,51)(H,53,59,62). The lowest BCUT2D eigenvalue weighted by Gasteiger charge is -2.31. The van der Waals surface area contributed by atoms with Gasteiger partial charge in [0, 0.05) is 38.2 Å². The van der Waals surface area contributed by atoms with Gasteiger partial charge in [-0.1, -0.05) is 30.8 Å². The van der Waals surface area contributed by atoms with Gasteiger partial charge in [0.05, 0.1) is 34.8 Å². The maximum Gasteiger partial charge on any atom is 0.266 e. The highest BCUT2D eigenvalue weighted by Gasteiger charge is 2.46. The molecule has 2 aromatic heterocycles. The van der Waals surface area contributed by atoms with Gasteiger partial charge in [-0.05, 0) is 80.6 Å². The fraction of sp³-hybridized carbons (Fsp3) is 0.304. The molecule has 0 aliphatic carbocycles. The molecule has 3 aromatic carbocycles. The van der Waals surface area contributed by atoms with Gasteiger partial charge in [0.25, 0.3) is 17.7 Å². The van der Waals surface area contributed by atoms with Crippen molar-refractivity contribution in [3.63, 3.8) is 0 Å². The summed E-state index contributed by atoms with van der Waals surface area (Å²) < 4.78 is 13.6. The molecule has 66 heavy (non-hydrogen) atoms. The van der Waals surface area contributed by atoms with Crippen molar-refractivity contribution >= 4 is 63.9 Å². The van der Waals surface area contributed by atoms with Gasteiger partial charge in [-0.2, -0.15) is 5.10 Å². The Bertz CT molecular complexity index is 2730. The van der Waals surface area contributed by atoms with Crippen LogP contribution in [0.25, 0.3) is 22.3 Å². The minimum atomic E-state index is -1.12. The number of benzene rings is 3. The monoisotopic (exact) mass is 897 g/mol. The highest BCUT2D eigenvalue weighted by atomic mass is 16.5. The number of rotatable bonds is 17. The Labute approximate surface area is 377 Å². The molecule has 1 unspecified atom stereocenters. The second-order valence-corrected chi connectivity index (χ2v) is 15.9. The molecule has 0 radical (unpaired) electrons. The third-order valence-electron chi connectivity index (χ3n) is 11.5. The minimum absolute atomic E-state index is 0.00327. The Balaban J connectivity index is 0.783. The molecule has 0 spiro atoms. The Hall–Kier alpha value is -8.00. The van der Waals surface area contributed by atoms with Crippen LogP contribution in [0, 0.1) is 0 Å². The van der Waals surface area contributed by atoms with E-state index in [1.54, 1.807) is 12.1 Å². The van der Waals surface area contributed by atoms with Crippen LogP contribution in [-0.2, 0) is 24.0 Å². The first-order chi connectivity index (χ1) is 32.0. The minimum Gasteiger partial charge on any atom is -0.483 e. The molecule has 5 heterocycles. The summed E-state index contributed by atoms with van der Waals surface area (Å²) in [6.07, 6.45) is 5.18. The van der Waals surface area contributed by atoms with E-state index in [0.717, 1.165) is 4.90 Å². The van der Waals surface area contributed by atoms with Crippen molar-refractivity contribution in [2.45, 2.75) is 50.6 Å². The summed E-state index contributed by atoms with van der Waals surface area (Å²) in [5, 5.41) is 16.3. The molecule has 5 aromatic rings. The highest BCUT2D eigenvalue weighted by molar-refractivity contribution is 6.24. The SMILES string of the molecule is C=CC(=O)Nc1cc(-c2nn(C3CCN(CC(=O)NCCCCNC(=O)COc4cccc5c4C(=O)N(C4CCC(=O)NC4=O)C5=O)CC3)c3ncnc(N)c23)ccc1Oc1ccccc1. The van der Waals surface area contributed by atoms with E-state index in [0.29, 0.717) is 91.3 Å². The molecule has 8 rings (SSSR count). The van der Waals surface area contributed by atoms with Crippen LogP contribution in [0.4, 0.5) is 11.5 Å². The Kier molecular flexibility index (Phi) is 13.4. The van der Waals surface area contributed by atoms with E-state index in [-0.39, 0.29) is 54.0 Å². The number of fused-ring (bicyclic) bond motifs is 2. The Morgan fingerprint density at radius 3 is 2.38 bits per heavy atom. The van der Waals surface area contributed by atoms with E-state index >= 15 is 0 Å². The second kappa shape index (κ2) is 19.8. The molecule has 340 valence electrons. The number of anilines is 2. The third kappa shape index (κ3) is 9.72. The molecule has 2 saturated heterocycles. The molecule has 3 aliphatic rings. The summed E-state index contributed by atoms with van der Waals surface area (Å²) >= 11 is 0. The zero-order chi connectivity index (χ0) is 46.3. The van der Waals surface area contributed by atoms with Gasteiger partial charge in [0.1, 0.15) is 35.4 Å². The van der Waals surface area contributed by atoms with E-state index in [1.165, 1.54) is 30.6 Å². The number of amides is 7. The van der Waals surface area contributed by atoms with E-state index in [1.807, 2.05) is 41.1 Å². The number of hydrogen-bond acceptors (Lipinski definition) is 14. The molecular formula is C46H47N11O9. The van der Waals surface area contributed by atoms with Crippen LogP contribution >= 0.6 is 0 Å². The highest BCUT2D eigenvalue weighted by Crippen LogP contribution is 2.39. The van der Waals surface area contributed by atoms with Crippen molar-refractivity contribution in [1.29, 1.82) is 0 Å². The number of nitrogens with two attached hydrogens (primary N) is 1. The largest absolute Gasteiger partial charge is 0.483 e. The average Bonchev–Trinajstić information content (AvgIpc) is 3.83. The lowest BCUT2D eigenvalue weighted by Crippen LogP contribution is -2.54. The first kappa shape index (κ1) is 44.6. The Morgan fingerprint density at radius 1 is 0.879 bits per heavy atom. The summed E-state index contributed by atoms with van der Waals surface area (Å²) in [6.45, 7) is 5.40. The van der Waals surface area contributed by atoms with Crippen molar-refractivity contribution in [2.75, 3.05) is 50.4 Å². The van der Waals surface area contributed by atoms with E-state index in [9.17, 15) is 33.6 Å². The van der Waals surface area contributed by atoms with Gasteiger partial charge < -0.3 is 31.2 Å². The molecule has 6 N–H and O–H groups in total. The summed E-state index contributed by atoms with van der Waals surface area (Å²) in [5.74, 6) is -2.24. The number of unbranched alkanes of at least 4 members (excludes halogenated alkanes) is 1. The first-order valence-corrected chi connectivity index (χ1v) is 21.5. The summed E-state index contributed by atoms with van der Waals surface area (Å²) in [7, 11) is 0. The fourth-order valence-corrected chi connectivity index (χ4v) is 8.20. The lowest BCUT2D eigenvalue weighted by atomic mass is 10.0. The number of para-hydroxylation sites is 1. The van der Waals surface area contributed by atoms with Crippen molar-refractivity contribution in [3.05, 3.63) is 96.8 Å². The van der Waals surface area contributed by atoms with Gasteiger partial charge in [-0.15, -0.1) is 0 Å². The second-order valence-electron chi connectivity index (χ2n) is 15.9. The number of likely N-dealkylation sites (tertiary alicyclic amines) is 1. The molecule has 20 nitrogen and oxygen atoms in total. The normalized spacial score (nSPS) is 16.4. The third-order valence-corrected chi connectivity index (χ3v) is 11.5. The van der Waals surface area contributed by atoms with E-state index in [4.69, 9.17) is 20.3 Å². The lowest BCUT2D eigenvalue weighted by molar-refractivity contribution is -0.136. The molecular weight excluding hydrogens is 851 g/mol.